The van der Waals surface area contributed by atoms with Crippen molar-refractivity contribution in [3.05, 3.63) is 32.9 Å². The molecule has 3 heterocycles. The lowest BCUT2D eigenvalue weighted by atomic mass is 10.0. The maximum Gasteiger partial charge on any atom is 0.169 e. The van der Waals surface area contributed by atoms with Gasteiger partial charge in [-0.05, 0) is 28.4 Å². The molecule has 0 unspecified atom stereocenters. The van der Waals surface area contributed by atoms with E-state index in [4.69, 9.17) is 9.97 Å². The predicted molar refractivity (Wildman–Crippen MR) is 77.8 cm³/mol. The van der Waals surface area contributed by atoms with Gasteiger partial charge >= 0.3 is 0 Å². The molecule has 0 saturated carbocycles. The molecule has 0 atom stereocenters. The first-order chi connectivity index (χ1) is 8.78. The van der Waals surface area contributed by atoms with E-state index in [0.717, 1.165) is 41.1 Å². The lowest BCUT2D eigenvalue weighted by Crippen LogP contribution is -2.26. The van der Waals surface area contributed by atoms with Crippen LogP contribution in [0.4, 0.5) is 0 Å². The Labute approximate surface area is 119 Å². The molecule has 0 amide bonds. The molecule has 94 valence electrons. The second kappa shape index (κ2) is 5.07. The first-order valence-corrected chi connectivity index (χ1v) is 7.79. The molecular formula is C13H14BrN3S. The van der Waals surface area contributed by atoms with E-state index in [2.05, 4.69) is 39.6 Å². The zero-order valence-corrected chi connectivity index (χ0v) is 12.6. The van der Waals surface area contributed by atoms with Crippen molar-refractivity contribution in [1.29, 1.82) is 0 Å². The van der Waals surface area contributed by atoms with Crippen molar-refractivity contribution < 1.29 is 0 Å². The van der Waals surface area contributed by atoms with Crippen LogP contribution in [-0.2, 0) is 19.4 Å². The van der Waals surface area contributed by atoms with Crippen molar-refractivity contribution in [3.63, 3.8) is 0 Å². The van der Waals surface area contributed by atoms with Crippen LogP contribution < -0.4 is 5.32 Å². The molecule has 0 radical (unpaired) electrons. The molecule has 3 nitrogen and oxygen atoms in total. The van der Waals surface area contributed by atoms with Crippen molar-refractivity contribution in [3.8, 4) is 10.7 Å². The average molecular weight is 324 g/mol. The Hall–Kier alpha value is -0.780. The molecule has 1 N–H and O–H groups in total. The number of hydrogen-bond acceptors (Lipinski definition) is 4. The number of thiophene rings is 1. The number of aryl methyl sites for hydroxylation is 1. The van der Waals surface area contributed by atoms with Crippen molar-refractivity contribution in [2.75, 3.05) is 6.54 Å². The third kappa shape index (κ3) is 2.22. The number of fused-ring (bicyclic) bond motifs is 1. The summed E-state index contributed by atoms with van der Waals surface area (Å²) >= 11 is 5.17. The van der Waals surface area contributed by atoms with Crippen LogP contribution in [0.1, 0.15) is 23.9 Å². The van der Waals surface area contributed by atoms with Gasteiger partial charge in [-0.2, -0.15) is 0 Å². The molecule has 5 heteroatoms. The summed E-state index contributed by atoms with van der Waals surface area (Å²) in [5.74, 6) is 0.878. The maximum atomic E-state index is 4.74. The summed E-state index contributed by atoms with van der Waals surface area (Å²) in [6.07, 6.45) is 1.97. The molecule has 3 rings (SSSR count). The molecule has 0 bridgehead atoms. The van der Waals surface area contributed by atoms with Crippen LogP contribution in [0.25, 0.3) is 10.7 Å². The fourth-order valence-electron chi connectivity index (χ4n) is 2.25. The number of rotatable bonds is 2. The highest BCUT2D eigenvalue weighted by atomic mass is 79.9. The lowest BCUT2D eigenvalue weighted by molar-refractivity contribution is 0.618. The third-order valence-corrected chi connectivity index (χ3v) is 4.83. The highest BCUT2D eigenvalue weighted by Gasteiger charge is 2.17. The van der Waals surface area contributed by atoms with Crippen molar-refractivity contribution in [2.24, 2.45) is 0 Å². The summed E-state index contributed by atoms with van der Waals surface area (Å²) in [5.41, 5.74) is 3.72. The Bertz CT molecular complexity index is 562. The quantitative estimate of drug-likeness (QED) is 0.922. The van der Waals surface area contributed by atoms with Crippen LogP contribution in [-0.4, -0.2) is 16.5 Å². The fraction of sp³-hybridized carbons (Fsp3) is 0.385. The Balaban J connectivity index is 2.11. The van der Waals surface area contributed by atoms with Crippen molar-refractivity contribution >= 4 is 27.3 Å². The summed E-state index contributed by atoms with van der Waals surface area (Å²) < 4.78 is 1.10. The summed E-state index contributed by atoms with van der Waals surface area (Å²) in [7, 11) is 0. The van der Waals surface area contributed by atoms with Gasteiger partial charge in [0.2, 0.25) is 0 Å². The minimum Gasteiger partial charge on any atom is -0.312 e. The average Bonchev–Trinajstić information content (AvgIpc) is 2.84. The van der Waals surface area contributed by atoms with Crippen molar-refractivity contribution in [1.82, 2.24) is 15.3 Å². The molecule has 1 aliphatic rings. The van der Waals surface area contributed by atoms with Gasteiger partial charge in [0.1, 0.15) is 0 Å². The second-order valence-electron chi connectivity index (χ2n) is 4.33. The van der Waals surface area contributed by atoms with Gasteiger partial charge in [0, 0.05) is 40.6 Å². The molecule has 0 saturated heterocycles. The number of hydrogen-bond donors (Lipinski definition) is 1. The zero-order valence-electron chi connectivity index (χ0n) is 10.2. The Morgan fingerprint density at radius 3 is 3.06 bits per heavy atom. The molecule has 0 fully saturated rings. The summed E-state index contributed by atoms with van der Waals surface area (Å²) in [5, 5.41) is 5.47. The van der Waals surface area contributed by atoms with Gasteiger partial charge in [-0.25, -0.2) is 9.97 Å². The highest BCUT2D eigenvalue weighted by molar-refractivity contribution is 9.10. The van der Waals surface area contributed by atoms with E-state index in [-0.39, 0.29) is 0 Å². The smallest absolute Gasteiger partial charge is 0.169 e. The number of aromatic nitrogens is 2. The normalized spacial score (nSPS) is 14.6. The van der Waals surface area contributed by atoms with Crippen molar-refractivity contribution in [2.45, 2.75) is 26.3 Å². The standard InChI is InChI=1S/C13H14BrN3S/c1-2-10-9-6-15-4-3-11(9)17-13(16-10)12-5-8(14)7-18-12/h5,7,15H,2-4,6H2,1H3. The van der Waals surface area contributed by atoms with Gasteiger partial charge in [-0.3, -0.25) is 0 Å². The number of nitrogens with one attached hydrogen (secondary N) is 1. The largest absolute Gasteiger partial charge is 0.312 e. The van der Waals surface area contributed by atoms with E-state index in [1.807, 2.05) is 0 Å². The van der Waals surface area contributed by atoms with Gasteiger partial charge in [0.05, 0.1) is 10.6 Å². The van der Waals surface area contributed by atoms with Gasteiger partial charge in [-0.15, -0.1) is 11.3 Å². The monoisotopic (exact) mass is 323 g/mol. The molecule has 0 aromatic carbocycles. The topological polar surface area (TPSA) is 37.8 Å². The minimum atomic E-state index is 0.878. The van der Waals surface area contributed by atoms with Gasteiger partial charge in [0.25, 0.3) is 0 Å². The molecular weight excluding hydrogens is 310 g/mol. The van der Waals surface area contributed by atoms with E-state index in [9.17, 15) is 0 Å². The molecule has 0 aliphatic carbocycles. The van der Waals surface area contributed by atoms with Crippen LogP contribution in [0, 0.1) is 0 Å². The first kappa shape index (κ1) is 12.3. The maximum absolute atomic E-state index is 4.74. The van der Waals surface area contributed by atoms with E-state index >= 15 is 0 Å². The first-order valence-electron chi connectivity index (χ1n) is 6.11. The van der Waals surface area contributed by atoms with Gasteiger partial charge < -0.3 is 5.32 Å². The van der Waals surface area contributed by atoms with E-state index in [1.54, 1.807) is 11.3 Å². The number of nitrogens with zero attached hydrogens (tertiary/aromatic N) is 2. The minimum absolute atomic E-state index is 0.878. The Morgan fingerprint density at radius 1 is 1.44 bits per heavy atom. The summed E-state index contributed by atoms with van der Waals surface area (Å²) in [6, 6.07) is 2.09. The molecule has 2 aromatic heterocycles. The second-order valence-corrected chi connectivity index (χ2v) is 6.16. The van der Waals surface area contributed by atoms with E-state index in [1.165, 1.54) is 17.0 Å². The van der Waals surface area contributed by atoms with Gasteiger partial charge in [-0.1, -0.05) is 6.92 Å². The van der Waals surface area contributed by atoms with Crippen LogP contribution in [0.5, 0.6) is 0 Å². The van der Waals surface area contributed by atoms with Gasteiger partial charge in [0.15, 0.2) is 5.82 Å². The van der Waals surface area contributed by atoms with Crippen LogP contribution >= 0.6 is 27.3 Å². The van der Waals surface area contributed by atoms with E-state index in [0.29, 0.717) is 0 Å². The molecule has 18 heavy (non-hydrogen) atoms. The van der Waals surface area contributed by atoms with Crippen LogP contribution in [0.15, 0.2) is 15.9 Å². The number of halogens is 1. The Morgan fingerprint density at radius 2 is 2.33 bits per heavy atom. The summed E-state index contributed by atoms with van der Waals surface area (Å²) in [6.45, 7) is 4.08. The van der Waals surface area contributed by atoms with Crippen LogP contribution in [0.3, 0.4) is 0 Å². The van der Waals surface area contributed by atoms with Crippen LogP contribution in [0.2, 0.25) is 0 Å². The SMILES string of the molecule is CCc1nc(-c2cc(Br)cs2)nc2c1CNCC2. The predicted octanol–water partition coefficient (Wildman–Crippen LogP) is 3.18. The third-order valence-electron chi connectivity index (χ3n) is 3.14. The van der Waals surface area contributed by atoms with E-state index < -0.39 is 0 Å². The Kier molecular flexibility index (Phi) is 3.46. The summed E-state index contributed by atoms with van der Waals surface area (Å²) in [4.78, 5) is 10.6. The molecule has 0 spiro atoms. The molecule has 2 aromatic rings. The molecule has 1 aliphatic heterocycles. The zero-order chi connectivity index (χ0) is 12.5. The fourth-order valence-corrected chi connectivity index (χ4v) is 3.61. The highest BCUT2D eigenvalue weighted by Crippen LogP contribution is 2.29. The lowest BCUT2D eigenvalue weighted by Gasteiger charge is -2.19.